The summed E-state index contributed by atoms with van der Waals surface area (Å²) >= 11 is 0. The largest absolute Gasteiger partial charge is 0.441 e. The van der Waals surface area contributed by atoms with Gasteiger partial charge in [0.1, 0.15) is 5.52 Å². The van der Waals surface area contributed by atoms with E-state index in [4.69, 9.17) is 4.42 Å². The normalized spacial score (nSPS) is 11.3. The van der Waals surface area contributed by atoms with E-state index in [9.17, 15) is 0 Å². The van der Waals surface area contributed by atoms with Gasteiger partial charge in [0.15, 0.2) is 11.5 Å². The molecule has 0 fully saturated rings. The monoisotopic (exact) mass is 261 g/mol. The highest BCUT2D eigenvalue weighted by molar-refractivity contribution is 5.73. The Bertz CT molecular complexity index is 507. The maximum Gasteiger partial charge on any atom is 0.192 e. The van der Waals surface area contributed by atoms with Gasteiger partial charge in [0.2, 0.25) is 0 Å². The van der Waals surface area contributed by atoms with Crippen molar-refractivity contribution in [2.24, 2.45) is 0 Å². The fraction of sp³-hybridized carbons (Fsp3) is 0.533. The summed E-state index contributed by atoms with van der Waals surface area (Å²) in [6, 6.07) is 6.25. The lowest BCUT2D eigenvalue weighted by molar-refractivity contribution is 0.561. The quantitative estimate of drug-likeness (QED) is 0.716. The number of oxazole rings is 1. The molecule has 2 rings (SSSR count). The molecule has 0 aliphatic heterocycles. The maximum atomic E-state index is 5.47. The SMILES string of the molecule is CNCCCCNCCc1ccc2oc(C)nc2c1. The Morgan fingerprint density at radius 1 is 1.16 bits per heavy atom. The molecule has 1 heterocycles. The third-order valence-corrected chi connectivity index (χ3v) is 3.18. The summed E-state index contributed by atoms with van der Waals surface area (Å²) in [6.45, 7) is 5.09. The van der Waals surface area contributed by atoms with Crippen LogP contribution in [0.3, 0.4) is 0 Å². The predicted octanol–water partition coefficient (Wildman–Crippen LogP) is 2.27. The van der Waals surface area contributed by atoms with Crippen molar-refractivity contribution in [2.45, 2.75) is 26.2 Å². The molecule has 1 aromatic heterocycles. The van der Waals surface area contributed by atoms with Crippen LogP contribution in [0.5, 0.6) is 0 Å². The highest BCUT2D eigenvalue weighted by atomic mass is 16.3. The van der Waals surface area contributed by atoms with E-state index >= 15 is 0 Å². The van der Waals surface area contributed by atoms with Gasteiger partial charge >= 0.3 is 0 Å². The van der Waals surface area contributed by atoms with Crippen LogP contribution in [0, 0.1) is 6.92 Å². The molecule has 0 aliphatic rings. The Hall–Kier alpha value is -1.39. The minimum atomic E-state index is 0.731. The van der Waals surface area contributed by atoms with E-state index in [0.717, 1.165) is 43.0 Å². The molecule has 2 N–H and O–H groups in total. The van der Waals surface area contributed by atoms with Gasteiger partial charge in [-0.25, -0.2) is 4.98 Å². The van der Waals surface area contributed by atoms with Crippen LogP contribution in [0.1, 0.15) is 24.3 Å². The zero-order valence-electron chi connectivity index (χ0n) is 11.8. The number of unbranched alkanes of at least 4 members (excludes halogenated alkanes) is 1. The van der Waals surface area contributed by atoms with Gasteiger partial charge in [0.05, 0.1) is 0 Å². The minimum absolute atomic E-state index is 0.731. The van der Waals surface area contributed by atoms with Gasteiger partial charge < -0.3 is 15.1 Å². The van der Waals surface area contributed by atoms with Crippen LogP contribution < -0.4 is 10.6 Å². The summed E-state index contributed by atoms with van der Waals surface area (Å²) < 4.78 is 5.47. The number of hydrogen-bond donors (Lipinski definition) is 2. The number of nitrogens with one attached hydrogen (secondary N) is 2. The molecule has 0 bridgehead atoms. The fourth-order valence-electron chi connectivity index (χ4n) is 2.15. The first-order chi connectivity index (χ1) is 9.29. The van der Waals surface area contributed by atoms with Crippen molar-refractivity contribution in [3.05, 3.63) is 29.7 Å². The molecular formula is C15H23N3O. The van der Waals surface area contributed by atoms with Crippen LogP contribution in [0.15, 0.2) is 22.6 Å². The lowest BCUT2D eigenvalue weighted by atomic mass is 10.1. The van der Waals surface area contributed by atoms with Gasteiger partial charge in [0.25, 0.3) is 0 Å². The standard InChI is InChI=1S/C15H23N3O/c1-12-18-14-11-13(5-6-15(14)19-12)7-10-17-9-4-3-8-16-2/h5-6,11,16-17H,3-4,7-10H2,1-2H3. The van der Waals surface area contributed by atoms with Crippen molar-refractivity contribution in [1.29, 1.82) is 0 Å². The van der Waals surface area contributed by atoms with Gasteiger partial charge in [-0.05, 0) is 63.6 Å². The van der Waals surface area contributed by atoms with Crippen molar-refractivity contribution < 1.29 is 4.42 Å². The van der Waals surface area contributed by atoms with Crippen molar-refractivity contribution in [3.63, 3.8) is 0 Å². The van der Waals surface area contributed by atoms with Crippen LogP contribution in [0.4, 0.5) is 0 Å². The average Bonchev–Trinajstić information content (AvgIpc) is 2.77. The molecule has 0 atom stereocenters. The van der Waals surface area contributed by atoms with E-state index in [1.807, 2.05) is 20.0 Å². The van der Waals surface area contributed by atoms with Crippen LogP contribution in [0.2, 0.25) is 0 Å². The van der Waals surface area contributed by atoms with Gasteiger partial charge in [-0.15, -0.1) is 0 Å². The maximum absolute atomic E-state index is 5.47. The fourth-order valence-corrected chi connectivity index (χ4v) is 2.15. The van der Waals surface area contributed by atoms with E-state index in [-0.39, 0.29) is 0 Å². The summed E-state index contributed by atoms with van der Waals surface area (Å²) in [6.07, 6.45) is 3.49. The Kier molecular flexibility index (Phi) is 5.36. The molecule has 1 aromatic carbocycles. The summed E-state index contributed by atoms with van der Waals surface area (Å²) in [5.41, 5.74) is 3.15. The second kappa shape index (κ2) is 7.26. The lowest BCUT2D eigenvalue weighted by Gasteiger charge is -2.04. The number of benzene rings is 1. The third kappa shape index (κ3) is 4.33. The number of hydrogen-bond acceptors (Lipinski definition) is 4. The Morgan fingerprint density at radius 2 is 2.00 bits per heavy atom. The molecule has 0 saturated heterocycles. The number of fused-ring (bicyclic) bond motifs is 1. The summed E-state index contributed by atoms with van der Waals surface area (Å²) in [7, 11) is 2.00. The zero-order chi connectivity index (χ0) is 13.5. The van der Waals surface area contributed by atoms with E-state index in [1.165, 1.54) is 18.4 Å². The molecule has 0 radical (unpaired) electrons. The van der Waals surface area contributed by atoms with Crippen molar-refractivity contribution >= 4 is 11.1 Å². The van der Waals surface area contributed by atoms with Gasteiger partial charge in [-0.3, -0.25) is 0 Å². The topological polar surface area (TPSA) is 50.1 Å². The van der Waals surface area contributed by atoms with E-state index in [0.29, 0.717) is 0 Å². The first kappa shape index (κ1) is 14.0. The third-order valence-electron chi connectivity index (χ3n) is 3.18. The number of nitrogens with zero attached hydrogens (tertiary/aromatic N) is 1. The summed E-state index contributed by atoms with van der Waals surface area (Å²) in [5.74, 6) is 0.731. The van der Waals surface area contributed by atoms with E-state index < -0.39 is 0 Å². The predicted molar refractivity (Wildman–Crippen MR) is 78.5 cm³/mol. The van der Waals surface area contributed by atoms with Crippen LogP contribution in [-0.4, -0.2) is 31.7 Å². The Morgan fingerprint density at radius 3 is 2.84 bits per heavy atom. The van der Waals surface area contributed by atoms with Crippen LogP contribution in [-0.2, 0) is 6.42 Å². The van der Waals surface area contributed by atoms with Crippen molar-refractivity contribution in [1.82, 2.24) is 15.6 Å². The molecule has 0 saturated carbocycles. The summed E-state index contributed by atoms with van der Waals surface area (Å²) in [4.78, 5) is 4.36. The first-order valence-electron chi connectivity index (χ1n) is 7.01. The Balaban J connectivity index is 1.72. The van der Waals surface area contributed by atoms with Crippen molar-refractivity contribution in [2.75, 3.05) is 26.7 Å². The first-order valence-corrected chi connectivity index (χ1v) is 7.01. The number of aromatic nitrogens is 1. The molecule has 0 amide bonds. The molecule has 19 heavy (non-hydrogen) atoms. The molecule has 104 valence electrons. The highest BCUT2D eigenvalue weighted by Gasteiger charge is 2.02. The number of aryl methyl sites for hydroxylation is 1. The van der Waals surface area contributed by atoms with Gasteiger partial charge in [-0.1, -0.05) is 6.07 Å². The van der Waals surface area contributed by atoms with Gasteiger partial charge in [0, 0.05) is 6.92 Å². The smallest absolute Gasteiger partial charge is 0.192 e. The van der Waals surface area contributed by atoms with E-state index in [2.05, 4.69) is 27.8 Å². The van der Waals surface area contributed by atoms with Crippen LogP contribution >= 0.6 is 0 Å². The second-order valence-electron chi connectivity index (χ2n) is 4.85. The highest BCUT2D eigenvalue weighted by Crippen LogP contribution is 2.16. The van der Waals surface area contributed by atoms with Gasteiger partial charge in [-0.2, -0.15) is 0 Å². The zero-order valence-corrected chi connectivity index (χ0v) is 11.8. The summed E-state index contributed by atoms with van der Waals surface area (Å²) in [5, 5.41) is 6.63. The molecule has 0 aliphatic carbocycles. The molecule has 4 heteroatoms. The molecular weight excluding hydrogens is 238 g/mol. The van der Waals surface area contributed by atoms with Crippen molar-refractivity contribution in [3.8, 4) is 0 Å². The number of rotatable bonds is 8. The minimum Gasteiger partial charge on any atom is -0.441 e. The van der Waals surface area contributed by atoms with Crippen LogP contribution in [0.25, 0.3) is 11.1 Å². The molecule has 2 aromatic rings. The van der Waals surface area contributed by atoms with E-state index in [1.54, 1.807) is 0 Å². The molecule has 0 spiro atoms. The second-order valence-corrected chi connectivity index (χ2v) is 4.85. The molecule has 0 unspecified atom stereocenters. The lowest BCUT2D eigenvalue weighted by Crippen LogP contribution is -2.19. The molecule has 4 nitrogen and oxygen atoms in total. The average molecular weight is 261 g/mol. The Labute approximate surface area is 114 Å².